The highest BCUT2D eigenvalue weighted by atomic mass is 16.6. The molecule has 8 heteroatoms. The minimum atomic E-state index is -0.745. The van der Waals surface area contributed by atoms with Gasteiger partial charge in [-0.05, 0) is 50.8 Å². The van der Waals surface area contributed by atoms with Crippen molar-refractivity contribution in [3.05, 3.63) is 29.8 Å². The Balaban J connectivity index is 1.96. The van der Waals surface area contributed by atoms with E-state index in [1.807, 2.05) is 0 Å². The van der Waals surface area contributed by atoms with Crippen LogP contribution in [-0.4, -0.2) is 36.4 Å². The molecule has 0 aromatic heterocycles. The Morgan fingerprint density at radius 2 is 1.70 bits per heavy atom. The van der Waals surface area contributed by atoms with Gasteiger partial charge in [-0.15, -0.1) is 0 Å². The molecule has 1 saturated carbocycles. The van der Waals surface area contributed by atoms with Crippen molar-refractivity contribution in [1.29, 1.82) is 0 Å². The highest BCUT2D eigenvalue weighted by Gasteiger charge is 2.25. The Morgan fingerprint density at radius 1 is 1.07 bits per heavy atom. The van der Waals surface area contributed by atoms with Gasteiger partial charge in [0, 0.05) is 6.42 Å². The zero-order chi connectivity index (χ0) is 21.9. The lowest BCUT2D eigenvalue weighted by atomic mass is 10.0. The molecule has 166 valence electrons. The second-order valence-corrected chi connectivity index (χ2v) is 7.31. The zero-order valence-corrected chi connectivity index (χ0v) is 18.0. The van der Waals surface area contributed by atoms with Gasteiger partial charge in [0.15, 0.2) is 0 Å². The van der Waals surface area contributed by atoms with Crippen LogP contribution in [0, 0.1) is 5.92 Å². The molecule has 0 heterocycles. The summed E-state index contributed by atoms with van der Waals surface area (Å²) in [5.41, 5.74) is 3.13. The fourth-order valence-electron chi connectivity index (χ4n) is 3.52. The Morgan fingerprint density at radius 3 is 2.30 bits per heavy atom. The average Bonchev–Trinajstić information content (AvgIpc) is 3.25. The van der Waals surface area contributed by atoms with Crippen LogP contribution in [-0.2, 0) is 14.3 Å². The highest BCUT2D eigenvalue weighted by molar-refractivity contribution is 5.74. The maximum Gasteiger partial charge on any atom is 0.429 e. The molecule has 1 aromatic carbocycles. The normalized spacial score (nSPS) is 14.6. The summed E-state index contributed by atoms with van der Waals surface area (Å²) in [6.45, 7) is 5.44. The Bertz CT molecular complexity index is 700. The lowest BCUT2D eigenvalue weighted by molar-refractivity contribution is -0.134. The van der Waals surface area contributed by atoms with Gasteiger partial charge in [0.1, 0.15) is 5.75 Å². The van der Waals surface area contributed by atoms with E-state index in [2.05, 4.69) is 5.43 Å². The fraction of sp³-hybridized carbons (Fsp3) is 0.591. The number of hydrogen-bond acceptors (Lipinski definition) is 6. The van der Waals surface area contributed by atoms with E-state index in [4.69, 9.17) is 14.2 Å². The van der Waals surface area contributed by atoms with Crippen LogP contribution in [0.2, 0.25) is 0 Å². The van der Waals surface area contributed by atoms with Crippen LogP contribution in [0.5, 0.6) is 5.75 Å². The molecule has 30 heavy (non-hydrogen) atoms. The van der Waals surface area contributed by atoms with Crippen LogP contribution in [0.1, 0.15) is 70.9 Å². The van der Waals surface area contributed by atoms with E-state index in [1.54, 1.807) is 45.0 Å². The first-order valence-corrected chi connectivity index (χ1v) is 10.6. The summed E-state index contributed by atoms with van der Waals surface area (Å²) in [7, 11) is 0. The van der Waals surface area contributed by atoms with Crippen molar-refractivity contribution in [1.82, 2.24) is 10.4 Å². The van der Waals surface area contributed by atoms with Crippen LogP contribution in [0.15, 0.2) is 24.3 Å². The van der Waals surface area contributed by atoms with Gasteiger partial charge in [0.2, 0.25) is 0 Å². The van der Waals surface area contributed by atoms with E-state index >= 15 is 0 Å². The molecule has 0 aliphatic heterocycles. The molecule has 8 nitrogen and oxygen atoms in total. The van der Waals surface area contributed by atoms with E-state index in [-0.39, 0.29) is 19.2 Å². The second-order valence-electron chi connectivity index (χ2n) is 7.31. The number of hydrogen-bond donors (Lipinski definition) is 1. The highest BCUT2D eigenvalue weighted by Crippen LogP contribution is 2.29. The average molecular weight is 421 g/mol. The van der Waals surface area contributed by atoms with Gasteiger partial charge < -0.3 is 14.2 Å². The van der Waals surface area contributed by atoms with Crippen LogP contribution in [0.25, 0.3) is 0 Å². The molecule has 1 N–H and O–H groups in total. The van der Waals surface area contributed by atoms with Gasteiger partial charge in [-0.25, -0.2) is 20.0 Å². The SMILES string of the molecule is CCOC(=O)NN(C(=O)OCC)C(C)c1ccc(OC(=O)CCC2CCCC2)cc1. The minimum Gasteiger partial charge on any atom is -0.449 e. The van der Waals surface area contributed by atoms with E-state index in [9.17, 15) is 14.4 Å². The molecular weight excluding hydrogens is 388 g/mol. The third-order valence-corrected chi connectivity index (χ3v) is 5.16. The van der Waals surface area contributed by atoms with E-state index in [0.717, 1.165) is 17.0 Å². The molecule has 1 aliphatic rings. The fourth-order valence-corrected chi connectivity index (χ4v) is 3.52. The number of carbonyl (C=O) groups excluding carboxylic acids is 3. The lowest BCUT2D eigenvalue weighted by Crippen LogP contribution is -2.48. The smallest absolute Gasteiger partial charge is 0.429 e. The molecule has 0 saturated heterocycles. The van der Waals surface area contributed by atoms with E-state index < -0.39 is 18.2 Å². The zero-order valence-electron chi connectivity index (χ0n) is 18.0. The largest absolute Gasteiger partial charge is 0.449 e. The molecule has 2 rings (SSSR count). The lowest BCUT2D eigenvalue weighted by Gasteiger charge is -2.28. The molecule has 0 bridgehead atoms. The first kappa shape index (κ1) is 23.5. The summed E-state index contributed by atoms with van der Waals surface area (Å²) >= 11 is 0. The topological polar surface area (TPSA) is 94.2 Å². The van der Waals surface area contributed by atoms with Crippen molar-refractivity contribution >= 4 is 18.2 Å². The van der Waals surface area contributed by atoms with Crippen LogP contribution in [0.3, 0.4) is 0 Å². The van der Waals surface area contributed by atoms with Gasteiger partial charge in [-0.1, -0.05) is 37.8 Å². The van der Waals surface area contributed by atoms with Crippen LogP contribution >= 0.6 is 0 Å². The third kappa shape index (κ3) is 7.24. The van der Waals surface area contributed by atoms with Gasteiger partial charge in [-0.2, -0.15) is 0 Å². The maximum absolute atomic E-state index is 12.3. The van der Waals surface area contributed by atoms with Crippen molar-refractivity contribution in [2.45, 2.75) is 65.3 Å². The van der Waals surface area contributed by atoms with Crippen molar-refractivity contribution in [2.24, 2.45) is 5.92 Å². The van der Waals surface area contributed by atoms with Crippen LogP contribution < -0.4 is 10.2 Å². The van der Waals surface area contributed by atoms with E-state index in [1.165, 1.54) is 25.7 Å². The molecular formula is C22H32N2O6. The number of benzene rings is 1. The standard InChI is InChI=1S/C22H32N2O6/c1-4-28-21(26)23-24(22(27)29-5-2)16(3)18-11-13-19(14-12-18)30-20(25)15-10-17-8-6-7-9-17/h11-14,16-17H,4-10,15H2,1-3H3,(H,23,26). The monoisotopic (exact) mass is 420 g/mol. The molecule has 1 atom stereocenters. The van der Waals surface area contributed by atoms with Gasteiger partial charge in [-0.3, -0.25) is 4.79 Å². The third-order valence-electron chi connectivity index (χ3n) is 5.16. The Kier molecular flexibility index (Phi) is 9.44. The predicted molar refractivity (Wildman–Crippen MR) is 111 cm³/mol. The van der Waals surface area contributed by atoms with E-state index in [0.29, 0.717) is 18.1 Å². The molecule has 0 radical (unpaired) electrons. The first-order valence-electron chi connectivity index (χ1n) is 10.6. The number of nitrogens with zero attached hydrogens (tertiary/aromatic N) is 1. The summed E-state index contributed by atoms with van der Waals surface area (Å²) in [6.07, 6.45) is 4.78. The predicted octanol–water partition coefficient (Wildman–Crippen LogP) is 4.74. The Labute approximate surface area is 177 Å². The number of hydrazine groups is 1. The second kappa shape index (κ2) is 12.0. The number of amides is 2. The summed E-state index contributed by atoms with van der Waals surface area (Å²) in [4.78, 5) is 36.1. The number of nitrogens with one attached hydrogen (secondary N) is 1. The van der Waals surface area contributed by atoms with Gasteiger partial charge >= 0.3 is 18.2 Å². The molecule has 1 aliphatic carbocycles. The van der Waals surface area contributed by atoms with Crippen molar-refractivity contribution < 1.29 is 28.6 Å². The van der Waals surface area contributed by atoms with Crippen molar-refractivity contribution in [3.8, 4) is 5.75 Å². The van der Waals surface area contributed by atoms with Crippen molar-refractivity contribution in [2.75, 3.05) is 13.2 Å². The summed E-state index contributed by atoms with van der Waals surface area (Å²) < 4.78 is 15.3. The summed E-state index contributed by atoms with van der Waals surface area (Å²) in [5.74, 6) is 0.852. The number of esters is 1. The Hall–Kier alpha value is -2.77. The number of carbonyl (C=O) groups is 3. The molecule has 1 aromatic rings. The maximum atomic E-state index is 12.3. The quantitative estimate of drug-likeness (QED) is 0.371. The summed E-state index contributed by atoms with van der Waals surface area (Å²) in [6, 6.07) is 6.30. The minimum absolute atomic E-state index is 0.169. The van der Waals surface area contributed by atoms with Crippen LogP contribution in [0.4, 0.5) is 9.59 Å². The molecule has 0 spiro atoms. The molecule has 1 fully saturated rings. The van der Waals surface area contributed by atoms with Crippen molar-refractivity contribution in [3.63, 3.8) is 0 Å². The van der Waals surface area contributed by atoms with Gasteiger partial charge in [0.05, 0.1) is 19.3 Å². The summed E-state index contributed by atoms with van der Waals surface area (Å²) in [5, 5.41) is 1.07. The number of ether oxygens (including phenoxy) is 3. The number of rotatable bonds is 8. The first-order chi connectivity index (χ1) is 14.4. The molecule has 2 amide bonds. The van der Waals surface area contributed by atoms with Gasteiger partial charge in [0.25, 0.3) is 0 Å². The molecule has 1 unspecified atom stereocenters.